The van der Waals surface area contributed by atoms with Crippen LogP contribution in [-0.2, 0) is 0 Å². The van der Waals surface area contributed by atoms with Crippen LogP contribution in [0.3, 0.4) is 0 Å². The zero-order chi connectivity index (χ0) is 15.9. The van der Waals surface area contributed by atoms with Crippen molar-refractivity contribution in [1.29, 1.82) is 0 Å². The molecule has 6 aliphatic carbocycles. The molecule has 0 aliphatic heterocycles. The van der Waals surface area contributed by atoms with E-state index in [4.69, 9.17) is 0 Å². The molecule has 4 bridgehead atoms. The van der Waals surface area contributed by atoms with E-state index in [9.17, 15) is 0 Å². The molecule has 6 rings (SSSR count). The molecular formula is C20H34Se2. The number of hydrogen-bond acceptors (Lipinski definition) is 0. The van der Waals surface area contributed by atoms with Gasteiger partial charge in [0.25, 0.3) is 0 Å². The van der Waals surface area contributed by atoms with Crippen molar-refractivity contribution in [2.75, 3.05) is 0 Å². The summed E-state index contributed by atoms with van der Waals surface area (Å²) in [5, 5.41) is 0. The van der Waals surface area contributed by atoms with Crippen LogP contribution in [-0.4, -0.2) is 26.3 Å². The molecule has 0 spiro atoms. The second-order valence-corrected chi connectivity index (χ2v) is 17.7. The quantitative estimate of drug-likeness (QED) is 0.532. The van der Waals surface area contributed by atoms with Gasteiger partial charge in [0, 0.05) is 0 Å². The maximum atomic E-state index is 2.61. The molecular weight excluding hydrogens is 398 g/mol. The van der Waals surface area contributed by atoms with E-state index < -0.39 is 0 Å². The summed E-state index contributed by atoms with van der Waals surface area (Å²) >= 11 is 1.96. The van der Waals surface area contributed by atoms with Crippen LogP contribution in [0.25, 0.3) is 0 Å². The second kappa shape index (κ2) is 5.27. The average Bonchev–Trinajstić information content (AvgIpc) is 2.46. The van der Waals surface area contributed by atoms with Gasteiger partial charge in [0.05, 0.1) is 0 Å². The molecule has 0 N–H and O–H groups in total. The van der Waals surface area contributed by atoms with Gasteiger partial charge in [-0.1, -0.05) is 0 Å². The minimum absolute atomic E-state index is 0.683. The number of hydrogen-bond donors (Lipinski definition) is 0. The summed E-state index contributed by atoms with van der Waals surface area (Å²) in [6.07, 6.45) is 6.30. The fraction of sp³-hybridized carbons (Fsp3) is 1.00. The zero-order valence-electron chi connectivity index (χ0n) is 15.3. The summed E-state index contributed by atoms with van der Waals surface area (Å²) in [6.45, 7) is 15.4. The first kappa shape index (κ1) is 16.5. The molecule has 6 saturated carbocycles. The van der Waals surface area contributed by atoms with Crippen molar-refractivity contribution in [3.63, 3.8) is 0 Å². The van der Waals surface area contributed by atoms with E-state index in [1.165, 1.54) is 0 Å². The molecule has 0 heterocycles. The second-order valence-electron chi connectivity index (χ2n) is 10.2. The van der Waals surface area contributed by atoms with Crippen LogP contribution in [0.4, 0.5) is 0 Å². The number of fused-ring (bicyclic) bond motifs is 4. The van der Waals surface area contributed by atoms with E-state index in [1.54, 1.807) is 25.7 Å². The molecule has 0 aromatic rings. The topological polar surface area (TPSA) is 0 Å². The average molecular weight is 432 g/mol. The number of rotatable bonds is 3. The Bertz CT molecular complexity index is 413. The van der Waals surface area contributed by atoms with Gasteiger partial charge < -0.3 is 0 Å². The van der Waals surface area contributed by atoms with Crippen molar-refractivity contribution < 1.29 is 0 Å². The Morgan fingerprint density at radius 3 is 1.27 bits per heavy atom. The molecule has 0 saturated heterocycles. The van der Waals surface area contributed by atoms with Gasteiger partial charge in [-0.2, -0.15) is 0 Å². The van der Waals surface area contributed by atoms with Crippen LogP contribution >= 0.6 is 0 Å². The van der Waals surface area contributed by atoms with Crippen molar-refractivity contribution >= 4 is 26.3 Å². The summed E-state index contributed by atoms with van der Waals surface area (Å²) in [7, 11) is 0. The van der Waals surface area contributed by atoms with Crippen molar-refractivity contribution in [3.05, 3.63) is 0 Å². The van der Waals surface area contributed by atoms with Crippen LogP contribution < -0.4 is 0 Å². The van der Waals surface area contributed by atoms with Gasteiger partial charge in [-0.05, 0) is 0 Å². The van der Waals surface area contributed by atoms with E-state index in [-0.39, 0.29) is 0 Å². The summed E-state index contributed by atoms with van der Waals surface area (Å²) in [5.41, 5.74) is 1.37. The third kappa shape index (κ3) is 2.20. The minimum atomic E-state index is 0.683. The molecule has 22 heavy (non-hydrogen) atoms. The van der Waals surface area contributed by atoms with E-state index in [2.05, 4.69) is 41.5 Å². The Morgan fingerprint density at radius 1 is 0.636 bits per heavy atom. The van der Waals surface area contributed by atoms with E-state index in [1.807, 2.05) is 0 Å². The Kier molecular flexibility index (Phi) is 3.95. The van der Waals surface area contributed by atoms with Gasteiger partial charge in [0.2, 0.25) is 0 Å². The van der Waals surface area contributed by atoms with Gasteiger partial charge in [0.1, 0.15) is 0 Å². The van der Waals surface area contributed by atoms with Gasteiger partial charge in [0.15, 0.2) is 0 Å². The van der Waals surface area contributed by atoms with Crippen LogP contribution in [0.5, 0.6) is 0 Å². The summed E-state index contributed by atoms with van der Waals surface area (Å²) < 4.78 is 0. The van der Waals surface area contributed by atoms with Crippen molar-refractivity contribution in [1.82, 2.24) is 0 Å². The van der Waals surface area contributed by atoms with Gasteiger partial charge in [-0.25, -0.2) is 0 Å². The molecule has 2 heteroatoms. The molecule has 6 aliphatic rings. The van der Waals surface area contributed by atoms with Crippen LogP contribution in [0, 0.1) is 46.3 Å². The standard InChI is InChI=1S/C20H34Se2/c1-11-15-7-13(19(15,3)4)9-17(11)21-22-18-10-14-8-16(12(18)2)20(14,5)6/h11-18H,7-10H2,1-6H3/t11-,12-,13+,14+,15-,16-,17+,18+/m0/s1. The molecule has 6 fully saturated rings. The van der Waals surface area contributed by atoms with Gasteiger partial charge in [-0.15, -0.1) is 0 Å². The van der Waals surface area contributed by atoms with Gasteiger partial charge in [-0.3, -0.25) is 0 Å². The summed E-state index contributed by atoms with van der Waals surface area (Å²) in [5.74, 6) is 6.34. The monoisotopic (exact) mass is 434 g/mol. The maximum absolute atomic E-state index is 2.61. The molecule has 8 atom stereocenters. The van der Waals surface area contributed by atoms with Crippen LogP contribution in [0.1, 0.15) is 67.2 Å². The molecule has 0 radical (unpaired) electrons. The zero-order valence-corrected chi connectivity index (χ0v) is 18.7. The Morgan fingerprint density at radius 2 is 1.00 bits per heavy atom. The molecule has 0 aromatic carbocycles. The Balaban J connectivity index is 1.33. The predicted molar refractivity (Wildman–Crippen MR) is 97.3 cm³/mol. The van der Waals surface area contributed by atoms with E-state index in [0.29, 0.717) is 10.8 Å². The first-order valence-electron chi connectivity index (χ1n) is 9.55. The predicted octanol–water partition coefficient (Wildman–Crippen LogP) is 5.29. The van der Waals surface area contributed by atoms with Crippen molar-refractivity contribution in [2.45, 2.75) is 76.9 Å². The molecule has 0 aromatic heterocycles. The summed E-state index contributed by atoms with van der Waals surface area (Å²) in [4.78, 5) is 2.28. The Labute approximate surface area is 149 Å². The first-order chi connectivity index (χ1) is 10.2. The molecule has 0 unspecified atom stereocenters. The fourth-order valence-electron chi connectivity index (χ4n) is 6.60. The fourth-order valence-corrected chi connectivity index (χ4v) is 18.7. The molecule has 0 amide bonds. The first-order valence-corrected chi connectivity index (χ1v) is 15.9. The SMILES string of the molecule is C[C@@H]1[C@H]([Se][Se][C@@H]2C[C@H]3C[C@@H]([C@@H]2C)C3(C)C)C[C@H]2C[C@@H]1C2(C)C. The molecule has 0 nitrogen and oxygen atoms in total. The van der Waals surface area contributed by atoms with Gasteiger partial charge >= 0.3 is 149 Å². The van der Waals surface area contributed by atoms with E-state index >= 15 is 0 Å². The van der Waals surface area contributed by atoms with Crippen molar-refractivity contribution in [3.8, 4) is 0 Å². The summed E-state index contributed by atoms with van der Waals surface area (Å²) in [6, 6.07) is 0. The van der Waals surface area contributed by atoms with E-state index in [0.717, 1.165) is 71.4 Å². The molecule has 126 valence electrons. The third-order valence-electron chi connectivity index (χ3n) is 8.87. The van der Waals surface area contributed by atoms with Crippen molar-refractivity contribution in [2.24, 2.45) is 46.3 Å². The van der Waals surface area contributed by atoms with Crippen LogP contribution in [0.15, 0.2) is 0 Å². The Hall–Kier alpha value is 1.04. The van der Waals surface area contributed by atoms with Crippen LogP contribution in [0.2, 0.25) is 9.63 Å². The normalized spacial score (nSPS) is 54.3. The third-order valence-corrected chi connectivity index (χ3v) is 19.4.